The molecule has 3 N–H and O–H groups in total. The van der Waals surface area contributed by atoms with Crippen molar-refractivity contribution in [1.82, 2.24) is 5.32 Å². The van der Waals surface area contributed by atoms with Gasteiger partial charge in [0.1, 0.15) is 11.8 Å². The number of ketones is 1. The first-order chi connectivity index (χ1) is 7.86. The average Bonchev–Trinajstić information content (AvgIpc) is 2.21. The Morgan fingerprint density at radius 1 is 1.29 bits per heavy atom. The molecule has 0 saturated heterocycles. The monoisotopic (exact) mass is 244 g/mol. The van der Waals surface area contributed by atoms with E-state index < -0.39 is 23.8 Å². The lowest BCUT2D eigenvalue weighted by Crippen LogP contribution is -2.42. The molecule has 96 valence electrons. The minimum absolute atomic E-state index is 0.0473. The van der Waals surface area contributed by atoms with Crippen LogP contribution in [0.3, 0.4) is 0 Å². The van der Waals surface area contributed by atoms with E-state index in [0.717, 1.165) is 7.11 Å². The first kappa shape index (κ1) is 15.1. The molecular weight excluding hydrogens is 228 g/mol. The molecular formula is C10H16N2O5. The number of hydrogen-bond acceptors (Lipinski definition) is 5. The van der Waals surface area contributed by atoms with Gasteiger partial charge in [0.15, 0.2) is 0 Å². The van der Waals surface area contributed by atoms with Gasteiger partial charge in [0.25, 0.3) is 0 Å². The molecule has 0 aliphatic rings. The molecule has 0 aromatic rings. The van der Waals surface area contributed by atoms with Gasteiger partial charge in [-0.05, 0) is 13.3 Å². The van der Waals surface area contributed by atoms with E-state index in [2.05, 4.69) is 10.1 Å². The molecule has 7 heteroatoms. The van der Waals surface area contributed by atoms with Crippen LogP contribution >= 0.6 is 0 Å². The quantitative estimate of drug-likeness (QED) is 0.435. The number of rotatable bonds is 7. The molecule has 0 spiro atoms. The van der Waals surface area contributed by atoms with Gasteiger partial charge in [-0.1, -0.05) is 0 Å². The van der Waals surface area contributed by atoms with E-state index in [-0.39, 0.29) is 25.0 Å². The Kier molecular flexibility index (Phi) is 6.54. The number of Topliss-reactive ketones (excluding diaryl/α,β-unsaturated/α-hetero) is 1. The van der Waals surface area contributed by atoms with Gasteiger partial charge in [0.2, 0.25) is 11.8 Å². The second-order valence-electron chi connectivity index (χ2n) is 3.53. The van der Waals surface area contributed by atoms with Crippen LogP contribution in [0, 0.1) is 0 Å². The Morgan fingerprint density at radius 2 is 1.88 bits per heavy atom. The maximum Gasteiger partial charge on any atom is 0.328 e. The Balaban J connectivity index is 4.37. The third-order valence-corrected chi connectivity index (χ3v) is 1.91. The van der Waals surface area contributed by atoms with Crippen LogP contribution in [0.2, 0.25) is 0 Å². The van der Waals surface area contributed by atoms with Crippen LogP contribution in [0.1, 0.15) is 26.2 Å². The normalized spacial score (nSPS) is 11.4. The number of amides is 2. The standard InChI is InChI=1S/C10H16N2O5/c1-6(13)5-9(15)12-7(10(16)17-2)3-4-8(11)14/h7H,3-5H2,1-2H3,(H2,11,14)(H,12,15)/t7-/m0/s1. The summed E-state index contributed by atoms with van der Waals surface area (Å²) < 4.78 is 4.46. The third-order valence-electron chi connectivity index (χ3n) is 1.91. The van der Waals surface area contributed by atoms with Crippen LogP contribution in [-0.2, 0) is 23.9 Å². The lowest BCUT2D eigenvalue weighted by atomic mass is 10.1. The van der Waals surface area contributed by atoms with Crippen LogP contribution in [0.5, 0.6) is 0 Å². The zero-order valence-corrected chi connectivity index (χ0v) is 9.82. The van der Waals surface area contributed by atoms with Crippen molar-refractivity contribution in [2.75, 3.05) is 7.11 Å². The van der Waals surface area contributed by atoms with Gasteiger partial charge in [-0.2, -0.15) is 0 Å². The summed E-state index contributed by atoms with van der Waals surface area (Å²) in [7, 11) is 1.16. The predicted octanol–water partition coefficient (Wildman–Crippen LogP) is -1.11. The van der Waals surface area contributed by atoms with Crippen molar-refractivity contribution in [3.05, 3.63) is 0 Å². The molecule has 0 aliphatic carbocycles. The van der Waals surface area contributed by atoms with Gasteiger partial charge in [-0.3, -0.25) is 14.4 Å². The summed E-state index contributed by atoms with van der Waals surface area (Å²) in [5.41, 5.74) is 4.94. The number of carbonyl (C=O) groups excluding carboxylic acids is 4. The highest BCUT2D eigenvalue weighted by Crippen LogP contribution is 2.00. The van der Waals surface area contributed by atoms with E-state index >= 15 is 0 Å². The topological polar surface area (TPSA) is 116 Å². The number of carbonyl (C=O) groups is 4. The van der Waals surface area contributed by atoms with Crippen LogP contribution in [0.4, 0.5) is 0 Å². The maximum absolute atomic E-state index is 11.3. The van der Waals surface area contributed by atoms with Crippen molar-refractivity contribution >= 4 is 23.6 Å². The molecule has 0 fully saturated rings. The number of nitrogens with two attached hydrogens (primary N) is 1. The molecule has 0 saturated carbocycles. The summed E-state index contributed by atoms with van der Waals surface area (Å²) in [5.74, 6) is -2.17. The Bertz CT molecular complexity index is 327. The molecule has 0 bridgehead atoms. The van der Waals surface area contributed by atoms with Crippen molar-refractivity contribution in [2.24, 2.45) is 5.73 Å². The molecule has 0 radical (unpaired) electrons. The number of esters is 1. The highest BCUT2D eigenvalue weighted by molar-refractivity contribution is 5.98. The summed E-state index contributed by atoms with van der Waals surface area (Å²) in [6, 6.07) is -0.959. The first-order valence-electron chi connectivity index (χ1n) is 5.01. The van der Waals surface area contributed by atoms with E-state index in [1.54, 1.807) is 0 Å². The molecule has 0 aromatic heterocycles. The van der Waals surface area contributed by atoms with Crippen molar-refractivity contribution in [3.8, 4) is 0 Å². The van der Waals surface area contributed by atoms with Gasteiger partial charge < -0.3 is 15.8 Å². The average molecular weight is 244 g/mol. The molecule has 0 rings (SSSR count). The first-order valence-corrected chi connectivity index (χ1v) is 5.01. The van der Waals surface area contributed by atoms with E-state index in [9.17, 15) is 19.2 Å². The maximum atomic E-state index is 11.3. The summed E-state index contributed by atoms with van der Waals surface area (Å²) in [4.78, 5) is 43.8. The van der Waals surface area contributed by atoms with Gasteiger partial charge in [0.05, 0.1) is 13.5 Å². The van der Waals surface area contributed by atoms with Crippen LogP contribution < -0.4 is 11.1 Å². The summed E-state index contributed by atoms with van der Waals surface area (Å²) in [6.45, 7) is 1.26. The van der Waals surface area contributed by atoms with Crippen molar-refractivity contribution in [2.45, 2.75) is 32.2 Å². The van der Waals surface area contributed by atoms with Gasteiger partial charge in [-0.15, -0.1) is 0 Å². The van der Waals surface area contributed by atoms with Gasteiger partial charge in [0, 0.05) is 6.42 Å². The van der Waals surface area contributed by atoms with E-state index in [4.69, 9.17) is 5.73 Å². The van der Waals surface area contributed by atoms with Gasteiger partial charge in [-0.25, -0.2) is 4.79 Å². The SMILES string of the molecule is COC(=O)[C@H](CCC(N)=O)NC(=O)CC(C)=O. The summed E-state index contributed by atoms with van der Waals surface area (Å²) >= 11 is 0. The van der Waals surface area contributed by atoms with E-state index in [1.165, 1.54) is 6.92 Å². The smallest absolute Gasteiger partial charge is 0.328 e. The Hall–Kier alpha value is -1.92. The molecule has 0 unspecified atom stereocenters. The molecule has 7 nitrogen and oxygen atoms in total. The highest BCUT2D eigenvalue weighted by Gasteiger charge is 2.22. The van der Waals surface area contributed by atoms with Crippen molar-refractivity contribution < 1.29 is 23.9 Å². The molecule has 2 amide bonds. The fourth-order valence-corrected chi connectivity index (χ4v) is 1.15. The minimum atomic E-state index is -0.959. The molecule has 0 heterocycles. The second-order valence-corrected chi connectivity index (χ2v) is 3.53. The minimum Gasteiger partial charge on any atom is -0.467 e. The molecule has 0 aliphatic heterocycles. The van der Waals surface area contributed by atoms with Crippen molar-refractivity contribution in [1.29, 1.82) is 0 Å². The number of hydrogen-bond donors (Lipinski definition) is 2. The zero-order valence-electron chi connectivity index (χ0n) is 9.82. The number of ether oxygens (including phenoxy) is 1. The van der Waals surface area contributed by atoms with Crippen molar-refractivity contribution in [3.63, 3.8) is 0 Å². The van der Waals surface area contributed by atoms with E-state index in [1.807, 2.05) is 0 Å². The summed E-state index contributed by atoms with van der Waals surface area (Å²) in [5, 5.41) is 2.31. The second kappa shape index (κ2) is 7.37. The molecule has 0 aromatic carbocycles. The molecule has 1 atom stereocenters. The fraction of sp³-hybridized carbons (Fsp3) is 0.600. The molecule has 17 heavy (non-hydrogen) atoms. The van der Waals surface area contributed by atoms with E-state index in [0.29, 0.717) is 0 Å². The zero-order chi connectivity index (χ0) is 13.4. The van der Waals surface area contributed by atoms with Crippen LogP contribution in [0.15, 0.2) is 0 Å². The van der Waals surface area contributed by atoms with Crippen LogP contribution in [-0.4, -0.2) is 36.7 Å². The third kappa shape index (κ3) is 7.04. The number of primary amides is 1. The highest BCUT2D eigenvalue weighted by atomic mass is 16.5. The van der Waals surface area contributed by atoms with Gasteiger partial charge >= 0.3 is 5.97 Å². The number of nitrogens with one attached hydrogen (secondary N) is 1. The Labute approximate surface area is 98.7 Å². The lowest BCUT2D eigenvalue weighted by Gasteiger charge is -2.15. The lowest BCUT2D eigenvalue weighted by molar-refractivity contribution is -0.145. The number of methoxy groups -OCH3 is 1. The van der Waals surface area contributed by atoms with Crippen LogP contribution in [0.25, 0.3) is 0 Å². The largest absolute Gasteiger partial charge is 0.467 e. The Morgan fingerprint density at radius 3 is 2.29 bits per heavy atom. The summed E-state index contributed by atoms with van der Waals surface area (Å²) in [6.07, 6.45) is -0.324. The predicted molar refractivity (Wildman–Crippen MR) is 57.7 cm³/mol. The fourth-order valence-electron chi connectivity index (χ4n) is 1.15.